The van der Waals surface area contributed by atoms with Crippen molar-refractivity contribution in [3.05, 3.63) is 22.3 Å². The Bertz CT molecular complexity index is 708. The Morgan fingerprint density at radius 3 is 3.00 bits per heavy atom. The second-order valence-corrected chi connectivity index (χ2v) is 7.23. The number of likely N-dealkylation sites (tertiary alicyclic amines) is 1. The zero-order valence-corrected chi connectivity index (χ0v) is 13.9. The van der Waals surface area contributed by atoms with Gasteiger partial charge in [-0.1, -0.05) is 9.64 Å². The zero-order valence-electron chi connectivity index (χ0n) is 13.1. The maximum absolute atomic E-state index is 12.6. The van der Waals surface area contributed by atoms with Gasteiger partial charge in [-0.25, -0.2) is 0 Å². The zero-order chi connectivity index (χ0) is 15.8. The largest absolute Gasteiger partial charge is 0.339 e. The molecule has 4 rings (SSSR count). The number of hydrogen-bond acceptors (Lipinski definition) is 7. The fraction of sp³-hybridized carbons (Fsp3) is 0.667. The van der Waals surface area contributed by atoms with Crippen molar-refractivity contribution < 1.29 is 9.32 Å². The lowest BCUT2D eigenvalue weighted by molar-refractivity contribution is 0.0672. The van der Waals surface area contributed by atoms with Gasteiger partial charge in [-0.2, -0.15) is 4.98 Å². The number of aryl methyl sites for hydroxylation is 1. The number of carbonyl (C=O) groups excluding carboxylic acids is 1. The van der Waals surface area contributed by atoms with Gasteiger partial charge in [-0.3, -0.25) is 4.79 Å². The molecule has 1 unspecified atom stereocenters. The predicted molar refractivity (Wildman–Crippen MR) is 83.3 cm³/mol. The third-order valence-electron chi connectivity index (χ3n) is 4.54. The monoisotopic (exact) mass is 333 g/mol. The summed E-state index contributed by atoms with van der Waals surface area (Å²) < 4.78 is 9.23. The molecule has 122 valence electrons. The van der Waals surface area contributed by atoms with Crippen molar-refractivity contribution in [3.8, 4) is 0 Å². The van der Waals surface area contributed by atoms with Gasteiger partial charge in [-0.05, 0) is 50.1 Å². The number of hydrogen-bond donors (Lipinski definition) is 0. The first-order valence-electron chi connectivity index (χ1n) is 8.11. The van der Waals surface area contributed by atoms with Crippen LogP contribution in [0.3, 0.4) is 0 Å². The fourth-order valence-corrected chi connectivity index (χ4v) is 3.72. The fourth-order valence-electron chi connectivity index (χ4n) is 3.09. The summed E-state index contributed by atoms with van der Waals surface area (Å²) in [6, 6.07) is 0. The maximum atomic E-state index is 12.6. The molecule has 1 amide bonds. The van der Waals surface area contributed by atoms with Crippen molar-refractivity contribution in [2.45, 2.75) is 44.9 Å². The molecule has 1 aliphatic carbocycles. The van der Waals surface area contributed by atoms with Gasteiger partial charge in [0.15, 0.2) is 5.82 Å². The highest BCUT2D eigenvalue weighted by molar-refractivity contribution is 7.07. The summed E-state index contributed by atoms with van der Waals surface area (Å²) in [6.07, 6.45) is 5.19. The van der Waals surface area contributed by atoms with Gasteiger partial charge in [0.25, 0.3) is 5.91 Å². The van der Waals surface area contributed by atoms with E-state index in [1.165, 1.54) is 24.4 Å². The summed E-state index contributed by atoms with van der Waals surface area (Å²) in [5.74, 6) is 2.50. The molecule has 23 heavy (non-hydrogen) atoms. The van der Waals surface area contributed by atoms with E-state index in [1.54, 1.807) is 0 Å². The molecule has 0 bridgehead atoms. The molecule has 2 aromatic rings. The Kier molecular flexibility index (Phi) is 3.84. The number of rotatable bonds is 4. The van der Waals surface area contributed by atoms with Gasteiger partial charge in [0.05, 0.1) is 5.69 Å². The molecule has 1 atom stereocenters. The van der Waals surface area contributed by atoms with E-state index in [9.17, 15) is 4.79 Å². The lowest BCUT2D eigenvalue weighted by Gasteiger charge is -2.31. The quantitative estimate of drug-likeness (QED) is 0.853. The maximum Gasteiger partial charge on any atom is 0.267 e. The molecule has 2 fully saturated rings. The van der Waals surface area contributed by atoms with Gasteiger partial charge in [0.1, 0.15) is 4.88 Å². The molecule has 2 aliphatic rings. The minimum atomic E-state index is 0.0476. The number of nitrogens with zero attached hydrogens (tertiary/aromatic N) is 5. The van der Waals surface area contributed by atoms with Crippen molar-refractivity contribution in [1.82, 2.24) is 24.6 Å². The SMILES string of the molecule is Cc1nnsc1C(=O)N1CCCC(Cc2nc(C3CC3)no2)C1. The van der Waals surface area contributed by atoms with Crippen molar-refractivity contribution in [2.75, 3.05) is 13.1 Å². The summed E-state index contributed by atoms with van der Waals surface area (Å²) in [4.78, 5) is 19.7. The molecule has 0 spiro atoms. The highest BCUT2D eigenvalue weighted by Gasteiger charge is 2.31. The average molecular weight is 333 g/mol. The van der Waals surface area contributed by atoms with E-state index in [1.807, 2.05) is 11.8 Å². The van der Waals surface area contributed by atoms with Crippen molar-refractivity contribution in [2.24, 2.45) is 5.92 Å². The Morgan fingerprint density at radius 2 is 2.26 bits per heavy atom. The Morgan fingerprint density at radius 1 is 1.39 bits per heavy atom. The molecule has 0 radical (unpaired) electrons. The summed E-state index contributed by atoms with van der Waals surface area (Å²) in [6.45, 7) is 3.36. The van der Waals surface area contributed by atoms with Crippen LogP contribution in [0.1, 0.15) is 58.7 Å². The molecule has 1 aliphatic heterocycles. The smallest absolute Gasteiger partial charge is 0.267 e. The van der Waals surface area contributed by atoms with E-state index in [0.717, 1.165) is 38.2 Å². The van der Waals surface area contributed by atoms with Crippen LogP contribution in [0.2, 0.25) is 0 Å². The molecule has 2 aromatic heterocycles. The van der Waals surface area contributed by atoms with E-state index >= 15 is 0 Å². The Hall–Kier alpha value is -1.83. The third kappa shape index (κ3) is 3.12. The number of amides is 1. The Labute approximate surface area is 138 Å². The van der Waals surface area contributed by atoms with Gasteiger partial charge >= 0.3 is 0 Å². The molecular formula is C15H19N5O2S. The van der Waals surface area contributed by atoms with E-state index in [0.29, 0.717) is 28.3 Å². The van der Waals surface area contributed by atoms with Gasteiger partial charge in [0.2, 0.25) is 5.89 Å². The first-order valence-corrected chi connectivity index (χ1v) is 8.88. The average Bonchev–Trinajstić information content (AvgIpc) is 3.16. The van der Waals surface area contributed by atoms with Crippen molar-refractivity contribution in [1.29, 1.82) is 0 Å². The van der Waals surface area contributed by atoms with Gasteiger partial charge in [0, 0.05) is 25.4 Å². The lowest BCUT2D eigenvalue weighted by Crippen LogP contribution is -2.40. The highest BCUT2D eigenvalue weighted by atomic mass is 32.1. The summed E-state index contributed by atoms with van der Waals surface area (Å²) in [5.41, 5.74) is 0.716. The summed E-state index contributed by atoms with van der Waals surface area (Å²) in [5, 5.41) is 8.00. The van der Waals surface area contributed by atoms with E-state index in [2.05, 4.69) is 19.7 Å². The van der Waals surface area contributed by atoms with Crippen LogP contribution in [0.5, 0.6) is 0 Å². The molecule has 0 N–H and O–H groups in total. The Balaban J connectivity index is 1.40. The van der Waals surface area contributed by atoms with E-state index in [4.69, 9.17) is 4.52 Å². The number of piperidine rings is 1. The number of carbonyl (C=O) groups is 1. The first-order chi connectivity index (χ1) is 11.2. The molecular weight excluding hydrogens is 314 g/mol. The topological polar surface area (TPSA) is 85.0 Å². The standard InChI is InChI=1S/C15H19N5O2S/c1-9-13(23-19-17-9)15(21)20-6-2-3-10(8-20)7-12-16-14(18-22-12)11-4-5-11/h10-11H,2-8H2,1H3. The molecule has 3 heterocycles. The molecule has 7 nitrogen and oxygen atoms in total. The van der Waals surface area contributed by atoms with Gasteiger partial charge < -0.3 is 9.42 Å². The summed E-state index contributed by atoms with van der Waals surface area (Å²) >= 11 is 1.18. The van der Waals surface area contributed by atoms with Crippen LogP contribution in [0.15, 0.2) is 4.52 Å². The third-order valence-corrected chi connectivity index (χ3v) is 5.36. The second-order valence-electron chi connectivity index (χ2n) is 6.47. The first kappa shape index (κ1) is 14.7. The number of aromatic nitrogens is 4. The normalized spacial score (nSPS) is 21.6. The lowest BCUT2D eigenvalue weighted by atomic mass is 9.94. The molecule has 1 saturated heterocycles. The molecule has 1 saturated carbocycles. The second kappa shape index (κ2) is 5.99. The van der Waals surface area contributed by atoms with E-state index < -0.39 is 0 Å². The van der Waals surface area contributed by atoms with Crippen LogP contribution in [0.25, 0.3) is 0 Å². The van der Waals surface area contributed by atoms with Crippen LogP contribution in [-0.4, -0.2) is 43.6 Å². The van der Waals surface area contributed by atoms with Crippen LogP contribution in [0, 0.1) is 12.8 Å². The minimum absolute atomic E-state index is 0.0476. The molecule has 8 heteroatoms. The predicted octanol–water partition coefficient (Wildman–Crippen LogP) is 2.20. The van der Waals surface area contributed by atoms with Crippen LogP contribution < -0.4 is 0 Å². The van der Waals surface area contributed by atoms with Crippen LogP contribution in [0.4, 0.5) is 0 Å². The summed E-state index contributed by atoms with van der Waals surface area (Å²) in [7, 11) is 0. The van der Waals surface area contributed by atoms with E-state index in [-0.39, 0.29) is 5.91 Å². The van der Waals surface area contributed by atoms with Crippen molar-refractivity contribution in [3.63, 3.8) is 0 Å². The van der Waals surface area contributed by atoms with Crippen LogP contribution in [-0.2, 0) is 6.42 Å². The van der Waals surface area contributed by atoms with Crippen LogP contribution >= 0.6 is 11.5 Å². The van der Waals surface area contributed by atoms with Crippen molar-refractivity contribution >= 4 is 17.4 Å². The van der Waals surface area contributed by atoms with Gasteiger partial charge in [-0.15, -0.1) is 5.10 Å². The highest BCUT2D eigenvalue weighted by Crippen LogP contribution is 2.38. The minimum Gasteiger partial charge on any atom is -0.339 e. The molecule has 0 aromatic carbocycles.